The Labute approximate surface area is 136 Å². The zero-order chi connectivity index (χ0) is 14.7. The second-order valence-electron chi connectivity index (χ2n) is 4.51. The predicted octanol–water partition coefficient (Wildman–Crippen LogP) is 4.86. The quantitative estimate of drug-likeness (QED) is 0.557. The number of thiocarbonyl (C=S) groups is 1. The molecule has 0 aliphatic heterocycles. The van der Waals surface area contributed by atoms with Crippen LogP contribution in [0.2, 0.25) is 0 Å². The highest BCUT2D eigenvalue weighted by atomic mass is 127. The minimum atomic E-state index is -0.248. The molecular weight excluding hydrogens is 386 g/mol. The van der Waals surface area contributed by atoms with Gasteiger partial charge in [0.1, 0.15) is 5.82 Å². The Morgan fingerprint density at radius 3 is 2.10 bits per heavy atom. The first-order valence-electron chi connectivity index (χ1n) is 6.06. The fraction of sp³-hybridized carbons (Fsp3) is 0.133. The fourth-order valence-electron chi connectivity index (χ4n) is 1.63. The highest BCUT2D eigenvalue weighted by Crippen LogP contribution is 2.18. The van der Waals surface area contributed by atoms with Gasteiger partial charge in [0, 0.05) is 14.9 Å². The van der Waals surface area contributed by atoms with E-state index < -0.39 is 0 Å². The summed E-state index contributed by atoms with van der Waals surface area (Å²) >= 11 is 7.50. The van der Waals surface area contributed by atoms with Crippen LogP contribution in [-0.4, -0.2) is 5.11 Å². The molecule has 104 valence electrons. The van der Waals surface area contributed by atoms with E-state index in [1.54, 1.807) is 19.1 Å². The largest absolute Gasteiger partial charge is 0.332 e. The number of aryl methyl sites for hydroxylation is 2. The van der Waals surface area contributed by atoms with Crippen molar-refractivity contribution < 1.29 is 4.39 Å². The average molecular weight is 400 g/mol. The van der Waals surface area contributed by atoms with Crippen molar-refractivity contribution in [3.63, 3.8) is 0 Å². The second kappa shape index (κ2) is 6.49. The van der Waals surface area contributed by atoms with Gasteiger partial charge in [-0.15, -0.1) is 0 Å². The molecule has 2 nitrogen and oxygen atoms in total. The summed E-state index contributed by atoms with van der Waals surface area (Å²) in [4.78, 5) is 0. The molecule has 0 amide bonds. The number of rotatable bonds is 2. The number of anilines is 2. The molecule has 5 heteroatoms. The van der Waals surface area contributed by atoms with Gasteiger partial charge < -0.3 is 10.6 Å². The summed E-state index contributed by atoms with van der Waals surface area (Å²) in [5.74, 6) is -0.248. The maximum atomic E-state index is 13.4. The van der Waals surface area contributed by atoms with Crippen molar-refractivity contribution in [3.05, 3.63) is 56.9 Å². The Kier molecular flexibility index (Phi) is 4.93. The average Bonchev–Trinajstić information content (AvgIpc) is 2.38. The molecule has 0 saturated heterocycles. The third-order valence-electron chi connectivity index (χ3n) is 2.86. The van der Waals surface area contributed by atoms with Crippen LogP contribution in [-0.2, 0) is 0 Å². The molecule has 2 aromatic carbocycles. The lowest BCUT2D eigenvalue weighted by atomic mass is 10.2. The highest BCUT2D eigenvalue weighted by Gasteiger charge is 2.03. The predicted molar refractivity (Wildman–Crippen MR) is 94.9 cm³/mol. The van der Waals surface area contributed by atoms with Gasteiger partial charge in [0.25, 0.3) is 0 Å². The first-order valence-corrected chi connectivity index (χ1v) is 7.55. The fourth-order valence-corrected chi connectivity index (χ4v) is 2.39. The molecule has 0 heterocycles. The van der Waals surface area contributed by atoms with E-state index in [-0.39, 0.29) is 5.82 Å². The van der Waals surface area contributed by atoms with Gasteiger partial charge in [0.05, 0.1) is 0 Å². The molecule has 2 aromatic rings. The van der Waals surface area contributed by atoms with E-state index >= 15 is 0 Å². The van der Waals surface area contributed by atoms with Crippen molar-refractivity contribution in [2.75, 3.05) is 10.6 Å². The summed E-state index contributed by atoms with van der Waals surface area (Å²) in [6, 6.07) is 10.9. The molecule has 0 aromatic heterocycles. The third kappa shape index (κ3) is 3.89. The van der Waals surface area contributed by atoms with E-state index in [0.29, 0.717) is 16.4 Å². The zero-order valence-electron chi connectivity index (χ0n) is 11.1. The molecule has 0 bridgehead atoms. The van der Waals surface area contributed by atoms with Crippen molar-refractivity contribution in [2.24, 2.45) is 0 Å². The van der Waals surface area contributed by atoms with Crippen LogP contribution in [0.4, 0.5) is 15.8 Å². The number of halogens is 2. The smallest absolute Gasteiger partial charge is 0.175 e. The summed E-state index contributed by atoms with van der Waals surface area (Å²) in [6.45, 7) is 3.78. The van der Waals surface area contributed by atoms with Crippen molar-refractivity contribution in [2.45, 2.75) is 13.8 Å². The number of hydrogen-bond donors (Lipinski definition) is 2. The van der Waals surface area contributed by atoms with E-state index in [0.717, 1.165) is 9.26 Å². The molecule has 0 unspecified atom stereocenters. The molecule has 0 spiro atoms. The van der Waals surface area contributed by atoms with Gasteiger partial charge >= 0.3 is 0 Å². The van der Waals surface area contributed by atoms with Crippen LogP contribution in [0.25, 0.3) is 0 Å². The Morgan fingerprint density at radius 1 is 1.00 bits per heavy atom. The molecule has 2 rings (SSSR count). The molecule has 2 N–H and O–H groups in total. The summed E-state index contributed by atoms with van der Waals surface area (Å²) in [5, 5.41) is 6.49. The van der Waals surface area contributed by atoms with Crippen LogP contribution in [0.15, 0.2) is 36.4 Å². The topological polar surface area (TPSA) is 24.1 Å². The van der Waals surface area contributed by atoms with Gasteiger partial charge in [0.15, 0.2) is 5.11 Å². The van der Waals surface area contributed by atoms with Gasteiger partial charge in [0.2, 0.25) is 0 Å². The van der Waals surface area contributed by atoms with Gasteiger partial charge in [-0.1, -0.05) is 12.1 Å². The van der Waals surface area contributed by atoms with Crippen molar-refractivity contribution in [3.8, 4) is 0 Å². The number of benzene rings is 2. The Balaban J connectivity index is 2.04. The molecule has 0 radical (unpaired) electrons. The first kappa shape index (κ1) is 15.2. The lowest BCUT2D eigenvalue weighted by Gasteiger charge is -2.12. The minimum Gasteiger partial charge on any atom is -0.332 e. The minimum absolute atomic E-state index is 0.248. The molecule has 20 heavy (non-hydrogen) atoms. The third-order valence-corrected chi connectivity index (χ3v) is 4.23. The molecule has 0 saturated carbocycles. The lowest BCUT2D eigenvalue weighted by molar-refractivity contribution is 0.619. The summed E-state index contributed by atoms with van der Waals surface area (Å²) in [6.07, 6.45) is 0. The van der Waals surface area contributed by atoms with Gasteiger partial charge in [-0.25, -0.2) is 4.39 Å². The summed E-state index contributed by atoms with van der Waals surface area (Å²) in [5.41, 5.74) is 3.37. The van der Waals surface area contributed by atoms with Crippen LogP contribution >= 0.6 is 34.8 Å². The van der Waals surface area contributed by atoms with Crippen LogP contribution < -0.4 is 10.6 Å². The SMILES string of the molecule is Cc1ccc(NC(=S)Nc2ccc(C)c(I)c2)cc1F. The standard InChI is InChI=1S/C15H14FIN2S/c1-9-3-5-11(7-13(9)16)18-15(20)19-12-6-4-10(2)14(17)8-12/h3-8H,1-2H3,(H2,18,19,20). The summed E-state index contributed by atoms with van der Waals surface area (Å²) < 4.78 is 14.6. The normalized spacial score (nSPS) is 10.2. The van der Waals surface area contributed by atoms with E-state index in [4.69, 9.17) is 12.2 Å². The van der Waals surface area contributed by atoms with Crippen LogP contribution in [0, 0.1) is 23.2 Å². The monoisotopic (exact) mass is 400 g/mol. The van der Waals surface area contributed by atoms with E-state index in [2.05, 4.69) is 40.1 Å². The first-order chi connectivity index (χ1) is 9.45. The van der Waals surface area contributed by atoms with E-state index in [1.165, 1.54) is 11.6 Å². The van der Waals surface area contributed by atoms with Crippen molar-refractivity contribution in [1.82, 2.24) is 0 Å². The van der Waals surface area contributed by atoms with E-state index in [9.17, 15) is 4.39 Å². The Hall–Kier alpha value is -1.21. The Bertz CT molecular complexity index is 603. The van der Waals surface area contributed by atoms with Crippen molar-refractivity contribution in [1.29, 1.82) is 0 Å². The van der Waals surface area contributed by atoms with Crippen LogP contribution in [0.1, 0.15) is 11.1 Å². The van der Waals surface area contributed by atoms with Gasteiger partial charge in [-0.2, -0.15) is 0 Å². The molecule has 0 aliphatic rings. The number of hydrogen-bond acceptors (Lipinski definition) is 1. The maximum absolute atomic E-state index is 13.4. The summed E-state index contributed by atoms with van der Waals surface area (Å²) in [7, 11) is 0. The molecule has 0 atom stereocenters. The lowest BCUT2D eigenvalue weighted by Crippen LogP contribution is -2.19. The number of nitrogens with one attached hydrogen (secondary N) is 2. The molecular formula is C15H14FIN2S. The van der Waals surface area contributed by atoms with Crippen molar-refractivity contribution >= 4 is 51.3 Å². The zero-order valence-corrected chi connectivity index (χ0v) is 14.1. The molecule has 0 aliphatic carbocycles. The maximum Gasteiger partial charge on any atom is 0.175 e. The van der Waals surface area contributed by atoms with E-state index in [1.807, 2.05) is 18.2 Å². The van der Waals surface area contributed by atoms with Crippen LogP contribution in [0.3, 0.4) is 0 Å². The molecule has 0 fully saturated rings. The second-order valence-corrected chi connectivity index (χ2v) is 6.08. The van der Waals surface area contributed by atoms with Gasteiger partial charge in [-0.05, 0) is 84.0 Å². The van der Waals surface area contributed by atoms with Crippen LogP contribution in [0.5, 0.6) is 0 Å². The highest BCUT2D eigenvalue weighted by molar-refractivity contribution is 14.1. The Morgan fingerprint density at radius 2 is 1.55 bits per heavy atom. The van der Waals surface area contributed by atoms with Gasteiger partial charge in [-0.3, -0.25) is 0 Å².